The van der Waals surface area contributed by atoms with Gasteiger partial charge in [-0.2, -0.15) is 0 Å². The van der Waals surface area contributed by atoms with E-state index in [-0.39, 0.29) is 9.93 Å². The first-order valence-electron chi connectivity index (χ1n) is 4.42. The number of hydrogen-bond donors (Lipinski definition) is 2. The third-order valence-electron chi connectivity index (χ3n) is 1.99. The van der Waals surface area contributed by atoms with Crippen molar-refractivity contribution in [3.63, 3.8) is 0 Å². The molecule has 0 spiro atoms. The Balaban J connectivity index is 2.18. The molecule has 0 amide bonds. The SMILES string of the molecule is C[SH](S)C#CCN1CCCCC1. The monoisotopic (exact) mass is 203 g/mol. The van der Waals surface area contributed by atoms with Crippen LogP contribution in [0, 0.1) is 11.2 Å². The van der Waals surface area contributed by atoms with Crippen molar-refractivity contribution in [2.24, 2.45) is 0 Å². The molecule has 1 saturated heterocycles. The van der Waals surface area contributed by atoms with Crippen LogP contribution >= 0.6 is 21.6 Å². The van der Waals surface area contributed by atoms with E-state index in [0.29, 0.717) is 0 Å². The van der Waals surface area contributed by atoms with Gasteiger partial charge in [0.25, 0.3) is 0 Å². The predicted octanol–water partition coefficient (Wildman–Crippen LogP) is 1.91. The maximum atomic E-state index is 4.27. The van der Waals surface area contributed by atoms with Crippen LogP contribution in [-0.2, 0) is 0 Å². The topological polar surface area (TPSA) is 3.24 Å². The van der Waals surface area contributed by atoms with Crippen LogP contribution in [0.25, 0.3) is 0 Å². The van der Waals surface area contributed by atoms with Crippen LogP contribution in [0.4, 0.5) is 0 Å². The first-order valence-corrected chi connectivity index (χ1v) is 7.36. The lowest BCUT2D eigenvalue weighted by Crippen LogP contribution is -2.29. The van der Waals surface area contributed by atoms with Crippen molar-refractivity contribution in [3.05, 3.63) is 0 Å². The quantitative estimate of drug-likeness (QED) is 0.374. The van der Waals surface area contributed by atoms with Gasteiger partial charge >= 0.3 is 0 Å². The molecule has 1 unspecified atom stereocenters. The van der Waals surface area contributed by atoms with Crippen molar-refractivity contribution < 1.29 is 0 Å². The number of likely N-dealkylation sites (tertiary alicyclic amines) is 1. The van der Waals surface area contributed by atoms with Crippen molar-refractivity contribution in [2.45, 2.75) is 19.3 Å². The molecule has 0 N–H and O–H groups in total. The Morgan fingerprint density at radius 2 is 2.00 bits per heavy atom. The lowest BCUT2D eigenvalue weighted by atomic mass is 10.1. The minimum absolute atomic E-state index is 0.321. The molecule has 12 heavy (non-hydrogen) atoms. The van der Waals surface area contributed by atoms with Crippen LogP contribution in [0.5, 0.6) is 0 Å². The van der Waals surface area contributed by atoms with Gasteiger partial charge in [-0.25, -0.2) is 0 Å². The Morgan fingerprint density at radius 1 is 1.33 bits per heavy atom. The van der Waals surface area contributed by atoms with Crippen LogP contribution in [0.1, 0.15) is 19.3 Å². The Morgan fingerprint density at radius 3 is 2.58 bits per heavy atom. The highest BCUT2D eigenvalue weighted by Crippen LogP contribution is 2.21. The van der Waals surface area contributed by atoms with Gasteiger partial charge < -0.3 is 0 Å². The molecule has 70 valence electrons. The highest BCUT2D eigenvalue weighted by atomic mass is 33.1. The molecule has 0 aromatic rings. The summed E-state index contributed by atoms with van der Waals surface area (Å²) in [7, 11) is -0.321. The van der Waals surface area contributed by atoms with E-state index < -0.39 is 0 Å². The van der Waals surface area contributed by atoms with Gasteiger partial charge in [-0.3, -0.25) is 4.90 Å². The van der Waals surface area contributed by atoms with Crippen molar-refractivity contribution in [1.29, 1.82) is 0 Å². The number of nitrogens with zero attached hydrogens (tertiary/aromatic N) is 1. The van der Waals surface area contributed by atoms with Gasteiger partial charge in [0.2, 0.25) is 0 Å². The first-order chi connectivity index (χ1) is 5.79. The molecule has 0 bridgehead atoms. The van der Waals surface area contributed by atoms with Gasteiger partial charge in [-0.05, 0) is 37.4 Å². The molecule has 1 heterocycles. The van der Waals surface area contributed by atoms with Crippen LogP contribution in [0.3, 0.4) is 0 Å². The normalized spacial score (nSPS) is 22.7. The molecular weight excluding hydrogens is 186 g/mol. The summed E-state index contributed by atoms with van der Waals surface area (Å²) in [5, 5.41) is 3.13. The number of thiol groups is 2. The maximum absolute atomic E-state index is 4.27. The molecule has 1 fully saturated rings. The summed E-state index contributed by atoms with van der Waals surface area (Å²) in [4.78, 5) is 2.43. The van der Waals surface area contributed by atoms with Gasteiger partial charge in [0.15, 0.2) is 0 Å². The molecule has 1 atom stereocenters. The zero-order valence-corrected chi connectivity index (χ0v) is 9.37. The van der Waals surface area contributed by atoms with Crippen LogP contribution in [0.15, 0.2) is 0 Å². The molecule has 1 nitrogen and oxygen atoms in total. The smallest absolute Gasteiger partial charge is 0.0610 e. The van der Waals surface area contributed by atoms with E-state index in [4.69, 9.17) is 0 Å². The largest absolute Gasteiger partial charge is 0.292 e. The highest BCUT2D eigenvalue weighted by molar-refractivity contribution is 8.79. The summed E-state index contributed by atoms with van der Waals surface area (Å²) in [6.45, 7) is 3.43. The van der Waals surface area contributed by atoms with E-state index in [1.54, 1.807) is 0 Å². The van der Waals surface area contributed by atoms with Crippen molar-refractivity contribution in [2.75, 3.05) is 25.9 Å². The first kappa shape index (κ1) is 10.3. The van der Waals surface area contributed by atoms with E-state index in [1.165, 1.54) is 32.4 Å². The molecule has 1 rings (SSSR count). The van der Waals surface area contributed by atoms with Crippen LogP contribution in [0.2, 0.25) is 0 Å². The van der Waals surface area contributed by atoms with E-state index in [0.717, 1.165) is 6.54 Å². The zero-order chi connectivity index (χ0) is 8.81. The van der Waals surface area contributed by atoms with Gasteiger partial charge in [0, 0.05) is 0 Å². The van der Waals surface area contributed by atoms with Crippen molar-refractivity contribution >= 4 is 21.6 Å². The average Bonchev–Trinajstić information content (AvgIpc) is 2.05. The van der Waals surface area contributed by atoms with E-state index >= 15 is 0 Å². The van der Waals surface area contributed by atoms with Crippen LogP contribution in [-0.4, -0.2) is 30.8 Å². The second kappa shape index (κ2) is 5.80. The predicted molar refractivity (Wildman–Crippen MR) is 62.0 cm³/mol. The summed E-state index contributed by atoms with van der Waals surface area (Å²) >= 11 is 4.27. The summed E-state index contributed by atoms with van der Waals surface area (Å²) in [5.41, 5.74) is 0. The lowest BCUT2D eigenvalue weighted by Gasteiger charge is -2.23. The number of rotatable bonds is 1. The molecule has 1 aliphatic heterocycles. The fraction of sp³-hybridized carbons (Fsp3) is 0.778. The number of piperidine rings is 1. The minimum Gasteiger partial charge on any atom is -0.292 e. The summed E-state index contributed by atoms with van der Waals surface area (Å²) in [5.74, 6) is 3.18. The van der Waals surface area contributed by atoms with Crippen LogP contribution < -0.4 is 0 Å². The molecule has 0 saturated carbocycles. The molecule has 1 aliphatic rings. The third kappa shape index (κ3) is 4.30. The average molecular weight is 203 g/mol. The van der Waals surface area contributed by atoms with Gasteiger partial charge in [-0.1, -0.05) is 12.3 Å². The summed E-state index contributed by atoms with van der Waals surface area (Å²) in [6, 6.07) is 0. The molecule has 0 aromatic carbocycles. The second-order valence-electron chi connectivity index (χ2n) is 3.15. The fourth-order valence-electron chi connectivity index (χ4n) is 1.38. The Bertz CT molecular complexity index is 175. The molecular formula is C9H17NS2. The highest BCUT2D eigenvalue weighted by Gasteiger charge is 2.07. The third-order valence-corrected chi connectivity index (χ3v) is 2.77. The molecule has 0 aromatic heterocycles. The van der Waals surface area contributed by atoms with Gasteiger partial charge in [0.1, 0.15) is 0 Å². The standard InChI is InChI=1S/C9H17NS2/c1-12(11)9-5-8-10-6-3-2-4-7-10/h11-12H,2-4,6-8H2,1H3. The fourth-order valence-corrected chi connectivity index (χ4v) is 1.89. The Hall–Kier alpha value is 0.220. The molecule has 0 aliphatic carbocycles. The van der Waals surface area contributed by atoms with Crippen molar-refractivity contribution in [3.8, 4) is 11.2 Å². The molecule has 3 heteroatoms. The van der Waals surface area contributed by atoms with E-state index in [1.807, 2.05) is 0 Å². The second-order valence-corrected chi connectivity index (χ2v) is 6.22. The van der Waals surface area contributed by atoms with E-state index in [9.17, 15) is 0 Å². The Kier molecular flexibility index (Phi) is 4.98. The number of hydrogen-bond acceptors (Lipinski definition) is 2. The minimum atomic E-state index is -0.321. The van der Waals surface area contributed by atoms with E-state index in [2.05, 4.69) is 34.0 Å². The van der Waals surface area contributed by atoms with Gasteiger partial charge in [-0.15, -0.1) is 21.6 Å². The zero-order valence-electron chi connectivity index (χ0n) is 7.58. The van der Waals surface area contributed by atoms with Gasteiger partial charge in [0.05, 0.1) is 6.54 Å². The summed E-state index contributed by atoms with van der Waals surface area (Å²) < 4.78 is 0. The maximum Gasteiger partial charge on any atom is 0.0610 e. The summed E-state index contributed by atoms with van der Waals surface area (Å²) in [6.07, 6.45) is 6.17. The molecule has 0 radical (unpaired) electrons. The Labute approximate surface area is 83.1 Å². The lowest BCUT2D eigenvalue weighted by molar-refractivity contribution is 0.255. The van der Waals surface area contributed by atoms with Crippen molar-refractivity contribution in [1.82, 2.24) is 4.90 Å².